The van der Waals surface area contributed by atoms with E-state index in [9.17, 15) is 9.59 Å². The van der Waals surface area contributed by atoms with Crippen LogP contribution in [0.3, 0.4) is 0 Å². The first-order valence-corrected chi connectivity index (χ1v) is 10.3. The van der Waals surface area contributed by atoms with Crippen LogP contribution in [0.4, 0.5) is 5.69 Å². The van der Waals surface area contributed by atoms with Crippen molar-refractivity contribution in [2.75, 3.05) is 17.7 Å². The van der Waals surface area contributed by atoms with Crippen molar-refractivity contribution in [2.24, 2.45) is 11.3 Å². The smallest absolute Gasteiger partial charge is 0.231 e. The summed E-state index contributed by atoms with van der Waals surface area (Å²) in [5, 5.41) is 2.90. The molecule has 148 valence electrons. The Labute approximate surface area is 170 Å². The number of nitrogens with one attached hydrogen (secondary N) is 1. The Bertz CT molecular complexity index is 897. The Morgan fingerprint density at radius 2 is 1.96 bits per heavy atom. The topological polar surface area (TPSA) is 62.6 Å². The number of hydrogen-bond donors (Lipinski definition) is 1. The highest BCUT2D eigenvalue weighted by Crippen LogP contribution is 2.35. The van der Waals surface area contributed by atoms with Crippen molar-refractivity contribution >= 4 is 29.1 Å². The summed E-state index contributed by atoms with van der Waals surface area (Å²) in [5.41, 5.74) is 2.15. The van der Waals surface area contributed by atoms with Gasteiger partial charge in [-0.25, -0.2) is 0 Å². The van der Waals surface area contributed by atoms with Crippen LogP contribution < -0.4 is 5.32 Å². The number of rotatable bonds is 5. The molecule has 4 rings (SSSR count). The molecule has 1 aromatic heterocycles. The molecule has 2 heterocycles. The number of carbonyl (C=O) groups is 2. The number of furan rings is 1. The molecule has 1 aromatic carbocycles. The van der Waals surface area contributed by atoms with Crippen molar-refractivity contribution in [3.63, 3.8) is 0 Å². The van der Waals surface area contributed by atoms with E-state index in [1.165, 1.54) is 0 Å². The van der Waals surface area contributed by atoms with E-state index in [0.29, 0.717) is 6.54 Å². The summed E-state index contributed by atoms with van der Waals surface area (Å²) in [7, 11) is 0. The lowest BCUT2D eigenvalue weighted by molar-refractivity contribution is -0.133. The first-order chi connectivity index (χ1) is 13.4. The Hall–Kier alpha value is -2.27. The third-order valence-corrected chi connectivity index (χ3v) is 6.15. The van der Waals surface area contributed by atoms with Gasteiger partial charge in [-0.1, -0.05) is 0 Å². The van der Waals surface area contributed by atoms with Crippen molar-refractivity contribution in [1.82, 2.24) is 4.90 Å². The summed E-state index contributed by atoms with van der Waals surface area (Å²) in [6.45, 7) is 5.00. The maximum Gasteiger partial charge on any atom is 0.231 e. The van der Waals surface area contributed by atoms with E-state index in [0.717, 1.165) is 54.1 Å². The highest BCUT2D eigenvalue weighted by Gasteiger charge is 2.35. The predicted octanol–water partition coefficient (Wildman–Crippen LogP) is 4.44. The molecular weight excluding hydrogens is 376 g/mol. The van der Waals surface area contributed by atoms with Gasteiger partial charge in [-0.2, -0.15) is 0 Å². The number of fused-ring (bicyclic) bond motifs is 1. The monoisotopic (exact) mass is 400 g/mol. The number of nitrogens with zero attached hydrogens (tertiary/aromatic N) is 1. The Morgan fingerprint density at radius 1 is 1.25 bits per heavy atom. The van der Waals surface area contributed by atoms with Crippen LogP contribution in [0.1, 0.15) is 38.0 Å². The molecule has 28 heavy (non-hydrogen) atoms. The predicted molar refractivity (Wildman–Crippen MR) is 109 cm³/mol. The third kappa shape index (κ3) is 3.81. The number of alkyl halides is 1. The van der Waals surface area contributed by atoms with E-state index >= 15 is 0 Å². The van der Waals surface area contributed by atoms with Crippen molar-refractivity contribution in [2.45, 2.75) is 39.7 Å². The molecule has 2 aliphatic rings. The second kappa shape index (κ2) is 7.28. The van der Waals surface area contributed by atoms with Gasteiger partial charge in [0.25, 0.3) is 0 Å². The summed E-state index contributed by atoms with van der Waals surface area (Å²) in [6, 6.07) is 9.62. The summed E-state index contributed by atoms with van der Waals surface area (Å²) < 4.78 is 6.05. The summed E-state index contributed by atoms with van der Waals surface area (Å²) >= 11 is 5.86. The molecule has 0 radical (unpaired) electrons. The molecule has 2 amide bonds. The Kier molecular flexibility index (Phi) is 4.96. The van der Waals surface area contributed by atoms with Gasteiger partial charge in [0.05, 0.1) is 5.41 Å². The molecule has 2 aromatic rings. The number of benzene rings is 1. The van der Waals surface area contributed by atoms with E-state index in [-0.39, 0.29) is 23.6 Å². The van der Waals surface area contributed by atoms with Crippen LogP contribution in [-0.2, 0) is 22.6 Å². The molecule has 0 bridgehead atoms. The first kappa shape index (κ1) is 19.1. The maximum atomic E-state index is 12.3. The van der Waals surface area contributed by atoms with Gasteiger partial charge in [-0.3, -0.25) is 9.59 Å². The number of amides is 2. The largest absolute Gasteiger partial charge is 0.461 e. The van der Waals surface area contributed by atoms with Gasteiger partial charge in [0.15, 0.2) is 0 Å². The van der Waals surface area contributed by atoms with Crippen molar-refractivity contribution in [3.05, 3.63) is 41.7 Å². The average molecular weight is 401 g/mol. The molecule has 1 aliphatic carbocycles. The van der Waals surface area contributed by atoms with Gasteiger partial charge in [-0.15, -0.1) is 11.6 Å². The average Bonchev–Trinajstić information content (AvgIpc) is 3.46. The zero-order valence-corrected chi connectivity index (χ0v) is 17.0. The minimum Gasteiger partial charge on any atom is -0.461 e. The van der Waals surface area contributed by atoms with Crippen LogP contribution in [0.15, 0.2) is 34.7 Å². The van der Waals surface area contributed by atoms with Crippen molar-refractivity contribution in [1.29, 1.82) is 0 Å². The summed E-state index contributed by atoms with van der Waals surface area (Å²) in [5.74, 6) is 2.45. The minimum atomic E-state index is -0.621. The lowest BCUT2D eigenvalue weighted by Gasteiger charge is -2.26. The van der Waals surface area contributed by atoms with E-state index in [2.05, 4.69) is 5.32 Å². The number of anilines is 1. The number of halogens is 1. The third-order valence-electron chi connectivity index (χ3n) is 5.48. The molecule has 0 atom stereocenters. The molecule has 1 fully saturated rings. The van der Waals surface area contributed by atoms with E-state index in [4.69, 9.17) is 16.0 Å². The van der Waals surface area contributed by atoms with Gasteiger partial charge in [0.1, 0.15) is 11.5 Å². The van der Waals surface area contributed by atoms with E-state index < -0.39 is 5.41 Å². The molecule has 6 heteroatoms. The molecule has 1 saturated carbocycles. The number of carbonyl (C=O) groups excluding carboxylic acids is 2. The minimum absolute atomic E-state index is 0.107. The van der Waals surface area contributed by atoms with Crippen LogP contribution in [0.2, 0.25) is 0 Å². The summed E-state index contributed by atoms with van der Waals surface area (Å²) in [6.07, 6.45) is 2.82. The first-order valence-electron chi connectivity index (χ1n) is 9.75. The lowest BCUT2D eigenvalue weighted by Crippen LogP contribution is -2.36. The van der Waals surface area contributed by atoms with Crippen LogP contribution in [0.25, 0.3) is 11.3 Å². The second-order valence-electron chi connectivity index (χ2n) is 8.39. The molecule has 1 N–H and O–H groups in total. The van der Waals surface area contributed by atoms with Gasteiger partial charge in [0.2, 0.25) is 11.8 Å². The maximum absolute atomic E-state index is 12.3. The fourth-order valence-corrected chi connectivity index (χ4v) is 3.45. The molecular formula is C22H25ClN2O3. The van der Waals surface area contributed by atoms with Crippen LogP contribution in [0, 0.1) is 11.3 Å². The van der Waals surface area contributed by atoms with Gasteiger partial charge in [0, 0.05) is 48.1 Å². The SMILES string of the molecule is CC(C)(CCl)C(=O)Nc1ccc(-c2cc3c(o2)CCN(C(=O)C2CC2)C3)cc1. The molecule has 1 aliphatic heterocycles. The highest BCUT2D eigenvalue weighted by molar-refractivity contribution is 6.20. The van der Waals surface area contributed by atoms with Gasteiger partial charge < -0.3 is 14.6 Å². The van der Waals surface area contributed by atoms with Crippen LogP contribution in [-0.4, -0.2) is 29.1 Å². The van der Waals surface area contributed by atoms with E-state index in [1.807, 2.05) is 49.1 Å². The standard InChI is InChI=1S/C22H25ClN2O3/c1-22(2,13-23)21(27)24-17-7-5-14(6-8-17)19-11-16-12-25(10-9-18(16)28-19)20(26)15-3-4-15/h5-8,11,15H,3-4,9-10,12-13H2,1-2H3,(H,24,27). The summed E-state index contributed by atoms with van der Waals surface area (Å²) in [4.78, 5) is 26.5. The normalized spacial score (nSPS) is 16.6. The fourth-order valence-electron chi connectivity index (χ4n) is 3.33. The second-order valence-corrected chi connectivity index (χ2v) is 8.66. The van der Waals surface area contributed by atoms with Crippen LogP contribution in [0.5, 0.6) is 0 Å². The van der Waals surface area contributed by atoms with E-state index in [1.54, 1.807) is 0 Å². The molecule has 5 nitrogen and oxygen atoms in total. The number of hydrogen-bond acceptors (Lipinski definition) is 3. The van der Waals surface area contributed by atoms with Gasteiger partial charge in [-0.05, 0) is 57.0 Å². The lowest BCUT2D eigenvalue weighted by atomic mass is 9.95. The highest BCUT2D eigenvalue weighted by atomic mass is 35.5. The fraction of sp³-hybridized carbons (Fsp3) is 0.455. The zero-order chi connectivity index (χ0) is 19.9. The zero-order valence-electron chi connectivity index (χ0n) is 16.3. The van der Waals surface area contributed by atoms with Crippen LogP contribution >= 0.6 is 11.6 Å². The Morgan fingerprint density at radius 3 is 2.61 bits per heavy atom. The van der Waals surface area contributed by atoms with Gasteiger partial charge >= 0.3 is 0 Å². The quantitative estimate of drug-likeness (QED) is 0.754. The molecule has 0 spiro atoms. The molecule has 0 saturated heterocycles. The van der Waals surface area contributed by atoms with Crippen molar-refractivity contribution < 1.29 is 14.0 Å². The molecule has 0 unspecified atom stereocenters. The Balaban J connectivity index is 1.45. The van der Waals surface area contributed by atoms with Crippen molar-refractivity contribution in [3.8, 4) is 11.3 Å².